The molecule has 0 spiro atoms. The first kappa shape index (κ1) is 22.0. The van der Waals surface area contributed by atoms with Crippen molar-refractivity contribution in [3.05, 3.63) is 24.3 Å². The smallest absolute Gasteiger partial charge is 0.229 e. The minimum absolute atomic E-state index is 0. The molecule has 2 aliphatic carbocycles. The summed E-state index contributed by atoms with van der Waals surface area (Å²) in [5.41, 5.74) is 7.04. The number of rotatable bonds is 6. The summed E-state index contributed by atoms with van der Waals surface area (Å²) in [7, 11) is 4.02. The molecule has 4 atom stereocenters. The van der Waals surface area contributed by atoms with E-state index >= 15 is 0 Å². The summed E-state index contributed by atoms with van der Waals surface area (Å²) in [6.45, 7) is 1.48. The number of benzene rings is 1. The van der Waals surface area contributed by atoms with Crippen LogP contribution in [0.2, 0.25) is 0 Å². The zero-order chi connectivity index (χ0) is 16.4. The van der Waals surface area contributed by atoms with Crippen molar-refractivity contribution in [3.63, 3.8) is 0 Å². The van der Waals surface area contributed by atoms with E-state index in [1.807, 2.05) is 38.4 Å². The van der Waals surface area contributed by atoms with Gasteiger partial charge in [0.1, 0.15) is 12.4 Å². The van der Waals surface area contributed by atoms with Crippen LogP contribution in [-0.2, 0) is 4.79 Å². The predicted molar refractivity (Wildman–Crippen MR) is 106 cm³/mol. The highest BCUT2D eigenvalue weighted by atomic mass is 35.5. The lowest BCUT2D eigenvalue weighted by molar-refractivity contribution is -0.121. The maximum Gasteiger partial charge on any atom is 0.229 e. The number of halogens is 2. The largest absolute Gasteiger partial charge is 0.492 e. The molecular formula is C18H29Cl2N3O2. The van der Waals surface area contributed by atoms with Gasteiger partial charge in [-0.1, -0.05) is 6.07 Å². The van der Waals surface area contributed by atoms with Crippen molar-refractivity contribution in [1.82, 2.24) is 4.90 Å². The van der Waals surface area contributed by atoms with Gasteiger partial charge in [-0.2, -0.15) is 0 Å². The molecule has 2 saturated carbocycles. The van der Waals surface area contributed by atoms with E-state index < -0.39 is 0 Å². The maximum atomic E-state index is 12.6. The molecule has 0 saturated heterocycles. The number of nitrogens with two attached hydrogens (primary N) is 1. The standard InChI is InChI=1S/C18H27N3O2.2ClH/c1-21(2)8-9-23-15-5-3-4-14(11-15)20-18(22)16-12-6-7-13(10-12)17(16)19;;/h3-5,11-13,16-17H,6-10,19H2,1-2H3,(H,20,22);2*1H. The lowest BCUT2D eigenvalue weighted by atomic mass is 9.84. The van der Waals surface area contributed by atoms with Crippen LogP contribution in [0.1, 0.15) is 19.3 Å². The molecular weight excluding hydrogens is 361 g/mol. The Kier molecular flexibility index (Phi) is 8.48. The van der Waals surface area contributed by atoms with Crippen molar-refractivity contribution in [3.8, 4) is 5.75 Å². The fraction of sp³-hybridized carbons (Fsp3) is 0.611. The Morgan fingerprint density at radius 3 is 2.64 bits per heavy atom. The Hall–Kier alpha value is -1.01. The van der Waals surface area contributed by atoms with E-state index in [0.29, 0.717) is 18.4 Å². The van der Waals surface area contributed by atoms with Gasteiger partial charge < -0.3 is 20.7 Å². The fourth-order valence-corrected chi connectivity index (χ4v) is 3.96. The Bertz CT molecular complexity index is 569. The van der Waals surface area contributed by atoms with Crippen LogP contribution in [0.5, 0.6) is 5.75 Å². The van der Waals surface area contributed by atoms with Crippen molar-refractivity contribution in [1.29, 1.82) is 0 Å². The van der Waals surface area contributed by atoms with E-state index in [9.17, 15) is 4.79 Å². The van der Waals surface area contributed by atoms with Gasteiger partial charge in [-0.3, -0.25) is 4.79 Å². The molecule has 2 fully saturated rings. The van der Waals surface area contributed by atoms with Crippen LogP contribution in [0.3, 0.4) is 0 Å². The van der Waals surface area contributed by atoms with Gasteiger partial charge >= 0.3 is 0 Å². The Morgan fingerprint density at radius 2 is 2.00 bits per heavy atom. The molecule has 7 heteroatoms. The molecule has 1 aromatic rings. The van der Waals surface area contributed by atoms with Gasteiger partial charge in [-0.05, 0) is 57.3 Å². The van der Waals surface area contributed by atoms with Crippen molar-refractivity contribution in [2.45, 2.75) is 25.3 Å². The second kappa shape index (κ2) is 9.62. The van der Waals surface area contributed by atoms with Crippen molar-refractivity contribution in [2.75, 3.05) is 32.6 Å². The van der Waals surface area contributed by atoms with Crippen LogP contribution in [-0.4, -0.2) is 44.1 Å². The zero-order valence-corrected chi connectivity index (χ0v) is 16.4. The number of carbonyl (C=O) groups is 1. The molecule has 25 heavy (non-hydrogen) atoms. The third kappa shape index (κ3) is 5.23. The van der Waals surface area contributed by atoms with E-state index in [1.54, 1.807) is 0 Å². The average molecular weight is 390 g/mol. The number of nitrogens with zero attached hydrogens (tertiary/aromatic N) is 1. The third-order valence-electron chi connectivity index (χ3n) is 5.19. The fourth-order valence-electron chi connectivity index (χ4n) is 3.96. The van der Waals surface area contributed by atoms with E-state index in [4.69, 9.17) is 10.5 Å². The van der Waals surface area contributed by atoms with Crippen molar-refractivity contribution in [2.24, 2.45) is 23.5 Å². The van der Waals surface area contributed by atoms with Gasteiger partial charge in [0.25, 0.3) is 0 Å². The van der Waals surface area contributed by atoms with E-state index in [0.717, 1.165) is 30.8 Å². The summed E-state index contributed by atoms with van der Waals surface area (Å²) < 4.78 is 5.72. The Labute approximate surface area is 162 Å². The molecule has 2 aliphatic rings. The summed E-state index contributed by atoms with van der Waals surface area (Å²) in [6.07, 6.45) is 3.45. The number of hydrogen-bond acceptors (Lipinski definition) is 4. The molecule has 0 radical (unpaired) electrons. The number of hydrogen-bond donors (Lipinski definition) is 2. The monoisotopic (exact) mass is 389 g/mol. The van der Waals surface area contributed by atoms with Crippen molar-refractivity contribution >= 4 is 36.4 Å². The SMILES string of the molecule is CN(C)CCOc1cccc(NC(=O)C2C3CCC(C3)C2N)c1.Cl.Cl. The minimum atomic E-state index is -0.0351. The van der Waals surface area contributed by atoms with Gasteiger partial charge in [-0.15, -0.1) is 24.8 Å². The normalized spacial score (nSPS) is 26.7. The molecule has 4 unspecified atom stereocenters. The van der Waals surface area contributed by atoms with Gasteiger partial charge in [0, 0.05) is 24.3 Å². The first-order chi connectivity index (χ1) is 11.0. The quantitative estimate of drug-likeness (QED) is 0.784. The highest BCUT2D eigenvalue weighted by Crippen LogP contribution is 2.47. The summed E-state index contributed by atoms with van der Waals surface area (Å²) in [6, 6.07) is 7.62. The van der Waals surface area contributed by atoms with Crippen LogP contribution in [0.4, 0.5) is 5.69 Å². The number of nitrogens with one attached hydrogen (secondary N) is 1. The minimum Gasteiger partial charge on any atom is -0.492 e. The molecule has 0 aliphatic heterocycles. The molecule has 3 rings (SSSR count). The maximum absolute atomic E-state index is 12.6. The second-order valence-electron chi connectivity index (χ2n) is 7.11. The Balaban J connectivity index is 0.00000156. The number of fused-ring (bicyclic) bond motifs is 2. The highest BCUT2D eigenvalue weighted by Gasteiger charge is 2.49. The molecule has 0 aromatic heterocycles. The predicted octanol–water partition coefficient (Wildman–Crippen LogP) is 2.78. The van der Waals surface area contributed by atoms with Crippen LogP contribution < -0.4 is 15.8 Å². The Morgan fingerprint density at radius 1 is 1.28 bits per heavy atom. The van der Waals surface area contributed by atoms with Gasteiger partial charge in [0.2, 0.25) is 5.91 Å². The summed E-state index contributed by atoms with van der Waals surface area (Å²) in [5, 5.41) is 3.03. The molecule has 0 heterocycles. The van der Waals surface area contributed by atoms with Crippen LogP contribution >= 0.6 is 24.8 Å². The summed E-state index contributed by atoms with van der Waals surface area (Å²) >= 11 is 0. The summed E-state index contributed by atoms with van der Waals surface area (Å²) in [5.74, 6) is 1.81. The van der Waals surface area contributed by atoms with E-state index in [-0.39, 0.29) is 42.7 Å². The number of ether oxygens (including phenoxy) is 1. The van der Waals surface area contributed by atoms with Crippen LogP contribution in [0.15, 0.2) is 24.3 Å². The number of likely N-dealkylation sites (N-methyl/N-ethyl adjacent to an activating group) is 1. The first-order valence-electron chi connectivity index (χ1n) is 8.48. The number of carbonyl (C=O) groups excluding carboxylic acids is 1. The zero-order valence-electron chi connectivity index (χ0n) is 14.8. The molecule has 1 aromatic carbocycles. The molecule has 142 valence electrons. The van der Waals surface area contributed by atoms with Gasteiger partial charge in [-0.25, -0.2) is 0 Å². The van der Waals surface area contributed by atoms with Crippen molar-refractivity contribution < 1.29 is 9.53 Å². The van der Waals surface area contributed by atoms with Gasteiger partial charge in [0.15, 0.2) is 0 Å². The molecule has 5 nitrogen and oxygen atoms in total. The lowest BCUT2D eigenvalue weighted by Crippen LogP contribution is -2.42. The topological polar surface area (TPSA) is 67.6 Å². The molecule has 1 amide bonds. The molecule has 2 bridgehead atoms. The number of amides is 1. The van der Waals surface area contributed by atoms with E-state index in [2.05, 4.69) is 10.2 Å². The number of anilines is 1. The third-order valence-corrected chi connectivity index (χ3v) is 5.19. The lowest BCUT2D eigenvalue weighted by Gasteiger charge is -2.27. The van der Waals surface area contributed by atoms with E-state index in [1.165, 1.54) is 6.42 Å². The summed E-state index contributed by atoms with van der Waals surface area (Å²) in [4.78, 5) is 14.7. The highest BCUT2D eigenvalue weighted by molar-refractivity contribution is 5.93. The van der Waals surface area contributed by atoms with Crippen LogP contribution in [0, 0.1) is 17.8 Å². The van der Waals surface area contributed by atoms with Crippen LogP contribution in [0.25, 0.3) is 0 Å². The first-order valence-corrected chi connectivity index (χ1v) is 8.48. The van der Waals surface area contributed by atoms with Gasteiger partial charge in [0.05, 0.1) is 5.92 Å². The average Bonchev–Trinajstić information content (AvgIpc) is 3.08. The molecule has 3 N–H and O–H groups in total. The second-order valence-corrected chi connectivity index (χ2v) is 7.11.